The van der Waals surface area contributed by atoms with Crippen LogP contribution in [0.4, 0.5) is 8.78 Å². The average Bonchev–Trinajstić information content (AvgIpc) is 2.10. The first-order chi connectivity index (χ1) is 6.19. The van der Waals surface area contributed by atoms with Crippen LogP contribution in [0.3, 0.4) is 0 Å². The largest absolute Gasteiger partial charge is 0.207 e. The van der Waals surface area contributed by atoms with Gasteiger partial charge in [0.15, 0.2) is 0 Å². The van der Waals surface area contributed by atoms with Crippen LogP contribution >= 0.6 is 0 Å². The molecule has 1 rings (SSSR count). The maximum atomic E-state index is 13.0. The van der Waals surface area contributed by atoms with E-state index in [2.05, 4.69) is 0 Å². The third-order valence-corrected chi connectivity index (χ3v) is 1.63. The Bertz CT molecular complexity index is 388. The summed E-state index contributed by atoms with van der Waals surface area (Å²) in [7, 11) is 0. The maximum Gasteiger partial charge on any atom is 0.134 e. The van der Waals surface area contributed by atoms with Gasteiger partial charge in [-0.3, -0.25) is 0 Å². The third-order valence-electron chi connectivity index (χ3n) is 1.63. The summed E-state index contributed by atoms with van der Waals surface area (Å²) in [6, 6.07) is 4.96. The molecule has 0 saturated heterocycles. The Morgan fingerprint density at radius 2 is 2.15 bits per heavy atom. The van der Waals surface area contributed by atoms with Crippen LogP contribution < -0.4 is 0 Å². The molecule has 13 heavy (non-hydrogen) atoms. The molecular formula is C10H7F2N. The number of hydrogen-bond acceptors (Lipinski definition) is 1. The van der Waals surface area contributed by atoms with Crippen molar-refractivity contribution in [3.05, 3.63) is 41.5 Å². The zero-order valence-electron chi connectivity index (χ0n) is 7.01. The molecule has 0 aromatic heterocycles. The second kappa shape index (κ2) is 3.81. The fourth-order valence-electron chi connectivity index (χ4n) is 0.988. The van der Waals surface area contributed by atoms with E-state index in [4.69, 9.17) is 5.26 Å². The Kier molecular flexibility index (Phi) is 2.76. The van der Waals surface area contributed by atoms with Crippen LogP contribution in [0, 0.1) is 23.0 Å². The van der Waals surface area contributed by atoms with Gasteiger partial charge in [0, 0.05) is 11.6 Å². The van der Waals surface area contributed by atoms with Crippen LogP contribution in [-0.2, 0) is 0 Å². The van der Waals surface area contributed by atoms with E-state index in [0.717, 1.165) is 12.1 Å². The Balaban J connectivity index is 3.25. The van der Waals surface area contributed by atoms with Gasteiger partial charge < -0.3 is 0 Å². The molecule has 0 fully saturated rings. The van der Waals surface area contributed by atoms with Gasteiger partial charge in [-0.05, 0) is 19.1 Å². The van der Waals surface area contributed by atoms with Crippen LogP contribution in [0.25, 0.3) is 5.57 Å². The summed E-state index contributed by atoms with van der Waals surface area (Å²) < 4.78 is 25.5. The number of hydrogen-bond donors (Lipinski definition) is 0. The van der Waals surface area contributed by atoms with Gasteiger partial charge in [-0.1, -0.05) is 6.08 Å². The lowest BCUT2D eigenvalue weighted by Crippen LogP contribution is -1.88. The van der Waals surface area contributed by atoms with Crippen molar-refractivity contribution in [2.24, 2.45) is 0 Å². The molecule has 3 heteroatoms. The van der Waals surface area contributed by atoms with E-state index in [1.165, 1.54) is 12.1 Å². The van der Waals surface area contributed by atoms with Gasteiger partial charge in [0.05, 0.1) is 11.6 Å². The summed E-state index contributed by atoms with van der Waals surface area (Å²) in [4.78, 5) is 0. The first kappa shape index (κ1) is 9.40. The molecule has 0 bridgehead atoms. The predicted octanol–water partition coefficient (Wildman–Crippen LogP) is 2.89. The van der Waals surface area contributed by atoms with Gasteiger partial charge in [-0.25, -0.2) is 8.78 Å². The Hall–Kier alpha value is -1.69. The average molecular weight is 179 g/mol. The van der Waals surface area contributed by atoms with Gasteiger partial charge in [-0.2, -0.15) is 5.26 Å². The van der Waals surface area contributed by atoms with Gasteiger partial charge in [0.25, 0.3) is 0 Å². The van der Waals surface area contributed by atoms with Crippen LogP contribution in [0.1, 0.15) is 12.5 Å². The minimum Gasteiger partial charge on any atom is -0.207 e. The topological polar surface area (TPSA) is 23.8 Å². The summed E-state index contributed by atoms with van der Waals surface area (Å²) in [5.74, 6) is -1.36. The molecule has 66 valence electrons. The van der Waals surface area contributed by atoms with E-state index in [-0.39, 0.29) is 11.1 Å². The minimum atomic E-state index is -0.713. The highest BCUT2D eigenvalue weighted by Crippen LogP contribution is 2.18. The highest BCUT2D eigenvalue weighted by molar-refractivity contribution is 5.76. The van der Waals surface area contributed by atoms with Crippen molar-refractivity contribution in [3.8, 4) is 6.07 Å². The second-order valence-corrected chi connectivity index (χ2v) is 2.44. The lowest BCUT2D eigenvalue weighted by Gasteiger charge is -1.99. The van der Waals surface area contributed by atoms with Gasteiger partial charge >= 0.3 is 0 Å². The van der Waals surface area contributed by atoms with Gasteiger partial charge in [0.1, 0.15) is 11.6 Å². The van der Waals surface area contributed by atoms with Crippen molar-refractivity contribution in [1.82, 2.24) is 0 Å². The number of rotatable bonds is 1. The smallest absolute Gasteiger partial charge is 0.134 e. The lowest BCUT2D eigenvalue weighted by atomic mass is 10.1. The molecule has 0 spiro atoms. The second-order valence-electron chi connectivity index (χ2n) is 2.44. The molecule has 0 radical (unpaired) electrons. The van der Waals surface area contributed by atoms with Gasteiger partial charge in [0.2, 0.25) is 0 Å². The molecular weight excluding hydrogens is 172 g/mol. The Morgan fingerprint density at radius 1 is 1.46 bits per heavy atom. The Labute approximate surface area is 74.9 Å². The number of halogens is 2. The molecule has 1 aromatic carbocycles. The summed E-state index contributed by atoms with van der Waals surface area (Å²) >= 11 is 0. The quantitative estimate of drug-likeness (QED) is 0.608. The summed E-state index contributed by atoms with van der Waals surface area (Å²) in [5, 5.41) is 8.59. The normalized spacial score (nSPS) is 11.1. The zero-order chi connectivity index (χ0) is 9.84. The van der Waals surface area contributed by atoms with E-state index in [1.807, 2.05) is 6.07 Å². The van der Waals surface area contributed by atoms with E-state index < -0.39 is 11.6 Å². The molecule has 0 aliphatic carbocycles. The SMILES string of the molecule is C/C=C(/C#N)c1ccc(F)cc1F. The molecule has 0 heterocycles. The highest BCUT2D eigenvalue weighted by atomic mass is 19.1. The highest BCUT2D eigenvalue weighted by Gasteiger charge is 2.06. The Morgan fingerprint density at radius 3 is 2.62 bits per heavy atom. The molecule has 0 saturated carbocycles. The number of allylic oxidation sites excluding steroid dienone is 2. The van der Waals surface area contributed by atoms with Crippen LogP contribution in [0.15, 0.2) is 24.3 Å². The maximum absolute atomic E-state index is 13.0. The monoisotopic (exact) mass is 179 g/mol. The fourth-order valence-corrected chi connectivity index (χ4v) is 0.988. The van der Waals surface area contributed by atoms with Crippen LogP contribution in [-0.4, -0.2) is 0 Å². The van der Waals surface area contributed by atoms with E-state index in [0.29, 0.717) is 0 Å². The summed E-state index contributed by atoms with van der Waals surface area (Å²) in [6.07, 6.45) is 1.48. The fraction of sp³-hybridized carbons (Fsp3) is 0.100. The number of nitrogens with zero attached hydrogens (tertiary/aromatic N) is 1. The first-order valence-electron chi connectivity index (χ1n) is 3.71. The molecule has 0 aliphatic rings. The van der Waals surface area contributed by atoms with Crippen molar-refractivity contribution >= 4 is 5.57 Å². The lowest BCUT2D eigenvalue weighted by molar-refractivity contribution is 0.581. The molecule has 0 atom stereocenters. The summed E-state index contributed by atoms with van der Waals surface area (Å²) in [5.41, 5.74) is 0.337. The van der Waals surface area contributed by atoms with Crippen molar-refractivity contribution < 1.29 is 8.78 Å². The first-order valence-corrected chi connectivity index (χ1v) is 3.71. The molecule has 0 unspecified atom stereocenters. The van der Waals surface area contributed by atoms with E-state index >= 15 is 0 Å². The molecule has 0 aliphatic heterocycles. The molecule has 1 aromatic rings. The van der Waals surface area contributed by atoms with Gasteiger partial charge in [-0.15, -0.1) is 0 Å². The third kappa shape index (κ3) is 1.91. The number of benzene rings is 1. The van der Waals surface area contributed by atoms with E-state index in [1.54, 1.807) is 6.92 Å². The minimum absolute atomic E-state index is 0.131. The molecule has 0 N–H and O–H groups in total. The van der Waals surface area contributed by atoms with Crippen molar-refractivity contribution in [1.29, 1.82) is 5.26 Å². The zero-order valence-corrected chi connectivity index (χ0v) is 7.01. The predicted molar refractivity (Wildman–Crippen MR) is 45.6 cm³/mol. The van der Waals surface area contributed by atoms with Crippen molar-refractivity contribution in [2.45, 2.75) is 6.92 Å². The number of nitriles is 1. The van der Waals surface area contributed by atoms with Crippen molar-refractivity contribution in [3.63, 3.8) is 0 Å². The molecule has 0 amide bonds. The van der Waals surface area contributed by atoms with E-state index in [9.17, 15) is 8.78 Å². The summed E-state index contributed by atoms with van der Waals surface area (Å²) in [6.45, 7) is 1.63. The standard InChI is InChI=1S/C10H7F2N/c1-2-7(6-13)9-4-3-8(11)5-10(9)12/h2-5H,1H3/b7-2-. The molecule has 1 nitrogen and oxygen atoms in total. The van der Waals surface area contributed by atoms with Crippen LogP contribution in [0.2, 0.25) is 0 Å². The van der Waals surface area contributed by atoms with Crippen molar-refractivity contribution in [2.75, 3.05) is 0 Å². The van der Waals surface area contributed by atoms with Crippen LogP contribution in [0.5, 0.6) is 0 Å².